The predicted molar refractivity (Wildman–Crippen MR) is 93.6 cm³/mol. The van der Waals surface area contributed by atoms with Crippen molar-refractivity contribution in [3.05, 3.63) is 52.9 Å². The molecule has 148 valence electrons. The number of carbonyl (C=O) groups is 2. The van der Waals surface area contributed by atoms with Gasteiger partial charge in [0, 0.05) is 26.1 Å². The van der Waals surface area contributed by atoms with Crippen molar-refractivity contribution < 1.29 is 22.8 Å². The molecular formula is C18H18F3N5O2. The summed E-state index contributed by atoms with van der Waals surface area (Å²) in [5.41, 5.74) is 1.43. The molecular weight excluding hydrogens is 375 g/mol. The van der Waals surface area contributed by atoms with Crippen molar-refractivity contribution in [2.45, 2.75) is 19.1 Å². The molecule has 0 fully saturated rings. The second-order valence-electron chi connectivity index (χ2n) is 6.34. The topological polar surface area (TPSA) is 80.1 Å². The summed E-state index contributed by atoms with van der Waals surface area (Å²) in [5.74, 6) is -0.740. The van der Waals surface area contributed by atoms with Crippen LogP contribution in [0.5, 0.6) is 0 Å². The molecule has 2 aromatic rings. The fraction of sp³-hybridized carbons (Fsp3) is 0.333. The fourth-order valence-electron chi connectivity index (χ4n) is 2.81. The molecule has 2 heterocycles. The summed E-state index contributed by atoms with van der Waals surface area (Å²) >= 11 is 0. The molecule has 0 bridgehead atoms. The van der Waals surface area contributed by atoms with Gasteiger partial charge in [0.25, 0.3) is 0 Å². The van der Waals surface area contributed by atoms with Crippen LogP contribution < -0.4 is 5.32 Å². The number of fused-ring (bicyclic) bond motifs is 1. The van der Waals surface area contributed by atoms with Crippen molar-refractivity contribution >= 4 is 17.9 Å². The van der Waals surface area contributed by atoms with Gasteiger partial charge in [0.05, 0.1) is 30.0 Å². The Labute approximate surface area is 158 Å². The minimum Gasteiger partial charge on any atom is -0.343 e. The Kier molecular flexibility index (Phi) is 5.48. The molecule has 1 N–H and O–H groups in total. The molecule has 0 radical (unpaired) electrons. The zero-order valence-electron chi connectivity index (χ0n) is 15.0. The van der Waals surface area contributed by atoms with Crippen molar-refractivity contribution in [3.8, 4) is 0 Å². The molecule has 0 spiro atoms. The van der Waals surface area contributed by atoms with Crippen LogP contribution in [0, 0.1) is 0 Å². The standard InChI is InChI=1S/C18H18F3N5O2/c1-25-15-11-26(9-8-14(15)23-24-25)17(28)10-22-16(27)7-4-12-2-5-13(6-3-12)18(19,20)21/h2-7H,8-11H2,1H3,(H,22,27)/b7-4+. The molecule has 1 aliphatic rings. The van der Waals surface area contributed by atoms with Crippen LogP contribution in [0.3, 0.4) is 0 Å². The minimum atomic E-state index is -4.40. The predicted octanol–water partition coefficient (Wildman–Crippen LogP) is 1.55. The number of benzene rings is 1. The van der Waals surface area contributed by atoms with E-state index in [1.165, 1.54) is 24.3 Å². The Morgan fingerprint density at radius 3 is 2.64 bits per heavy atom. The molecule has 28 heavy (non-hydrogen) atoms. The van der Waals surface area contributed by atoms with E-state index >= 15 is 0 Å². The lowest BCUT2D eigenvalue weighted by Crippen LogP contribution is -2.42. The molecule has 2 amide bonds. The second-order valence-corrected chi connectivity index (χ2v) is 6.34. The molecule has 0 saturated heterocycles. The van der Waals surface area contributed by atoms with Gasteiger partial charge < -0.3 is 10.2 Å². The number of carbonyl (C=O) groups excluding carboxylic acids is 2. The molecule has 10 heteroatoms. The summed E-state index contributed by atoms with van der Waals surface area (Å²) < 4.78 is 39.2. The summed E-state index contributed by atoms with van der Waals surface area (Å²) in [6.45, 7) is 0.716. The van der Waals surface area contributed by atoms with Crippen molar-refractivity contribution in [1.29, 1.82) is 0 Å². The normalized spacial score (nSPS) is 14.2. The van der Waals surface area contributed by atoms with E-state index in [9.17, 15) is 22.8 Å². The SMILES string of the molecule is Cn1nnc2c1CN(C(=O)CNC(=O)/C=C/c1ccc(C(F)(F)F)cc1)CC2. The fourth-order valence-corrected chi connectivity index (χ4v) is 2.81. The van der Waals surface area contributed by atoms with Crippen LogP contribution in [0.4, 0.5) is 13.2 Å². The minimum absolute atomic E-state index is 0.170. The number of nitrogens with zero attached hydrogens (tertiary/aromatic N) is 4. The largest absolute Gasteiger partial charge is 0.416 e. The summed E-state index contributed by atoms with van der Waals surface area (Å²) in [6, 6.07) is 4.42. The van der Waals surface area contributed by atoms with E-state index in [0.29, 0.717) is 25.1 Å². The third-order valence-electron chi connectivity index (χ3n) is 4.41. The van der Waals surface area contributed by atoms with Crippen LogP contribution in [0.15, 0.2) is 30.3 Å². The van der Waals surface area contributed by atoms with E-state index in [1.54, 1.807) is 16.6 Å². The molecule has 3 rings (SSSR count). The van der Waals surface area contributed by atoms with Crippen LogP contribution in [0.2, 0.25) is 0 Å². The van der Waals surface area contributed by atoms with E-state index in [4.69, 9.17) is 0 Å². The van der Waals surface area contributed by atoms with E-state index in [2.05, 4.69) is 15.6 Å². The third-order valence-corrected chi connectivity index (χ3v) is 4.41. The number of rotatable bonds is 4. The number of aromatic nitrogens is 3. The lowest BCUT2D eigenvalue weighted by atomic mass is 10.1. The van der Waals surface area contributed by atoms with Gasteiger partial charge in [-0.15, -0.1) is 5.10 Å². The van der Waals surface area contributed by atoms with Gasteiger partial charge in [-0.2, -0.15) is 13.2 Å². The maximum Gasteiger partial charge on any atom is 0.416 e. The first kappa shape index (κ1) is 19.6. The Morgan fingerprint density at radius 2 is 1.96 bits per heavy atom. The van der Waals surface area contributed by atoms with Crippen molar-refractivity contribution in [2.75, 3.05) is 13.1 Å². The smallest absolute Gasteiger partial charge is 0.343 e. The lowest BCUT2D eigenvalue weighted by molar-refractivity contribution is -0.137. The van der Waals surface area contributed by atoms with Crippen LogP contribution in [-0.4, -0.2) is 44.8 Å². The van der Waals surface area contributed by atoms with Crippen molar-refractivity contribution in [1.82, 2.24) is 25.2 Å². The molecule has 0 saturated carbocycles. The van der Waals surface area contributed by atoms with Crippen molar-refractivity contribution in [2.24, 2.45) is 7.05 Å². The third kappa shape index (κ3) is 4.56. The highest BCUT2D eigenvalue weighted by molar-refractivity contribution is 5.94. The van der Waals surface area contributed by atoms with Crippen LogP contribution in [-0.2, 0) is 35.8 Å². The number of aryl methyl sites for hydroxylation is 1. The molecule has 1 aromatic heterocycles. The van der Waals surface area contributed by atoms with Gasteiger partial charge in [-0.25, -0.2) is 0 Å². The van der Waals surface area contributed by atoms with Gasteiger partial charge in [0.1, 0.15) is 0 Å². The second kappa shape index (κ2) is 7.83. The highest BCUT2D eigenvalue weighted by atomic mass is 19.4. The highest BCUT2D eigenvalue weighted by Gasteiger charge is 2.29. The maximum absolute atomic E-state index is 12.5. The molecule has 0 unspecified atom stereocenters. The first-order valence-electron chi connectivity index (χ1n) is 8.52. The van der Waals surface area contributed by atoms with Gasteiger partial charge >= 0.3 is 6.18 Å². The lowest BCUT2D eigenvalue weighted by Gasteiger charge is -2.26. The Bertz CT molecular complexity index is 903. The molecule has 7 nitrogen and oxygen atoms in total. The van der Waals surface area contributed by atoms with Gasteiger partial charge in [0.15, 0.2) is 0 Å². The quantitative estimate of drug-likeness (QED) is 0.800. The number of alkyl halides is 3. The Hall–Kier alpha value is -3.17. The number of amides is 2. The van der Waals surface area contributed by atoms with Crippen LogP contribution in [0.1, 0.15) is 22.5 Å². The maximum atomic E-state index is 12.5. The van der Waals surface area contributed by atoms with Gasteiger partial charge in [-0.05, 0) is 23.8 Å². The summed E-state index contributed by atoms with van der Waals surface area (Å²) in [4.78, 5) is 25.8. The number of nitrogens with one attached hydrogen (secondary N) is 1. The van der Waals surface area contributed by atoms with E-state index in [1.807, 2.05) is 0 Å². The van der Waals surface area contributed by atoms with E-state index in [-0.39, 0.29) is 12.5 Å². The van der Waals surface area contributed by atoms with Gasteiger partial charge in [-0.1, -0.05) is 17.3 Å². The number of hydrogen-bond acceptors (Lipinski definition) is 4. The molecule has 1 aliphatic heterocycles. The summed E-state index contributed by atoms with van der Waals surface area (Å²) in [7, 11) is 1.76. The van der Waals surface area contributed by atoms with Crippen molar-refractivity contribution in [3.63, 3.8) is 0 Å². The van der Waals surface area contributed by atoms with Gasteiger partial charge in [0.2, 0.25) is 11.8 Å². The van der Waals surface area contributed by atoms with Crippen LogP contribution >= 0.6 is 0 Å². The first-order valence-corrected chi connectivity index (χ1v) is 8.52. The van der Waals surface area contributed by atoms with E-state index in [0.717, 1.165) is 23.5 Å². The number of hydrogen-bond donors (Lipinski definition) is 1. The monoisotopic (exact) mass is 393 g/mol. The summed E-state index contributed by atoms with van der Waals surface area (Å²) in [6.07, 6.45) is -1.24. The average molecular weight is 393 g/mol. The zero-order chi connectivity index (χ0) is 20.3. The molecule has 0 aliphatic carbocycles. The summed E-state index contributed by atoms with van der Waals surface area (Å²) in [5, 5.41) is 10.4. The molecule has 0 atom stereocenters. The first-order chi connectivity index (χ1) is 13.2. The Balaban J connectivity index is 1.49. The van der Waals surface area contributed by atoms with E-state index < -0.39 is 17.6 Å². The average Bonchev–Trinajstić information content (AvgIpc) is 3.04. The Morgan fingerprint density at radius 1 is 1.25 bits per heavy atom. The molecule has 1 aromatic carbocycles. The van der Waals surface area contributed by atoms with Gasteiger partial charge in [-0.3, -0.25) is 14.3 Å². The zero-order valence-corrected chi connectivity index (χ0v) is 15.0. The number of halogens is 3. The highest BCUT2D eigenvalue weighted by Crippen LogP contribution is 2.29. The van der Waals surface area contributed by atoms with Crippen LogP contribution in [0.25, 0.3) is 6.08 Å².